The molecule has 39 heavy (non-hydrogen) atoms. The summed E-state index contributed by atoms with van der Waals surface area (Å²) in [6, 6.07) is 3.61. The zero-order valence-corrected chi connectivity index (χ0v) is 24.1. The van der Waals surface area contributed by atoms with Crippen LogP contribution in [0.15, 0.2) is 17.1 Å². The van der Waals surface area contributed by atoms with E-state index in [-0.39, 0.29) is 31.1 Å². The number of rotatable bonds is 10. The summed E-state index contributed by atoms with van der Waals surface area (Å²) in [5.41, 5.74) is 3.84. The van der Waals surface area contributed by atoms with Crippen molar-refractivity contribution in [3.63, 3.8) is 0 Å². The molecule has 2 aromatic heterocycles. The number of nitrogens with zero attached hydrogens (tertiary/aromatic N) is 5. The van der Waals surface area contributed by atoms with Gasteiger partial charge in [-0.1, -0.05) is 41.5 Å². The van der Waals surface area contributed by atoms with Crippen LogP contribution in [-0.2, 0) is 12.0 Å². The third-order valence-electron chi connectivity index (χ3n) is 6.48. The molecule has 0 aliphatic heterocycles. The first kappa shape index (κ1) is 31.5. The number of ketones is 1. The minimum atomic E-state index is -0.279. The number of carbonyl (C=O) groups is 2. The molecule has 10 nitrogen and oxygen atoms in total. The third-order valence-corrected chi connectivity index (χ3v) is 6.48. The molecule has 0 saturated heterocycles. The highest BCUT2D eigenvalue weighted by Gasteiger charge is 2.26. The van der Waals surface area contributed by atoms with E-state index in [2.05, 4.69) is 48.2 Å². The van der Waals surface area contributed by atoms with Crippen LogP contribution in [-0.4, -0.2) is 58.4 Å². The maximum absolute atomic E-state index is 13.6. The number of amides is 1. The number of nitrogens with one attached hydrogen (secondary N) is 1. The molecular formula is C29H44N6O4. The summed E-state index contributed by atoms with van der Waals surface area (Å²) in [5, 5.41) is 12.0. The Morgan fingerprint density at radius 1 is 1.10 bits per heavy atom. The molecule has 3 rings (SSSR count). The molecule has 214 valence electrons. The number of benzene rings is 1. The van der Waals surface area contributed by atoms with Crippen LogP contribution in [0.5, 0.6) is 11.5 Å². The van der Waals surface area contributed by atoms with Crippen molar-refractivity contribution in [3.8, 4) is 11.5 Å². The van der Waals surface area contributed by atoms with Crippen molar-refractivity contribution in [1.82, 2.24) is 24.7 Å². The highest BCUT2D eigenvalue weighted by molar-refractivity contribution is 5.97. The van der Waals surface area contributed by atoms with Crippen LogP contribution in [0.25, 0.3) is 5.65 Å². The zero-order valence-electron chi connectivity index (χ0n) is 24.1. The molecule has 2 heterocycles. The molecule has 0 aliphatic rings. The van der Waals surface area contributed by atoms with E-state index in [0.717, 1.165) is 29.5 Å². The SMILES string of the molecule is C.CCCCOc1cc(C(=O)Cn2nc3c(C)c(C)c(C(=O)NCC)nn3c2=NC)cc(C(C)(C)C)c1OC. The lowest BCUT2D eigenvalue weighted by molar-refractivity contribution is 0.0944. The van der Waals surface area contributed by atoms with Crippen molar-refractivity contribution in [1.29, 1.82) is 0 Å². The summed E-state index contributed by atoms with van der Waals surface area (Å²) >= 11 is 0. The summed E-state index contributed by atoms with van der Waals surface area (Å²) in [7, 11) is 3.23. The summed E-state index contributed by atoms with van der Waals surface area (Å²) in [5.74, 6) is 0.770. The monoisotopic (exact) mass is 540 g/mol. The van der Waals surface area contributed by atoms with Gasteiger partial charge in [0.1, 0.15) is 6.54 Å². The van der Waals surface area contributed by atoms with Gasteiger partial charge >= 0.3 is 0 Å². The topological polar surface area (TPSA) is 112 Å². The Morgan fingerprint density at radius 3 is 2.36 bits per heavy atom. The van der Waals surface area contributed by atoms with Crippen molar-refractivity contribution in [2.75, 3.05) is 27.3 Å². The quantitative estimate of drug-likeness (QED) is 0.301. The molecule has 1 N–H and O–H groups in total. The first-order valence-electron chi connectivity index (χ1n) is 13.0. The van der Waals surface area contributed by atoms with E-state index in [9.17, 15) is 9.59 Å². The van der Waals surface area contributed by atoms with Gasteiger partial charge in [0.25, 0.3) is 5.91 Å². The lowest BCUT2D eigenvalue weighted by atomic mass is 9.84. The Labute approximate surface area is 231 Å². The van der Waals surface area contributed by atoms with Crippen molar-refractivity contribution in [2.45, 2.75) is 80.7 Å². The molecule has 0 saturated carbocycles. The number of carbonyl (C=O) groups excluding carboxylic acids is 2. The maximum Gasteiger partial charge on any atom is 0.272 e. The molecule has 0 unspecified atom stereocenters. The molecule has 0 bridgehead atoms. The number of unbranched alkanes of at least 4 members (excludes halogenated alkanes) is 1. The fourth-order valence-corrected chi connectivity index (χ4v) is 4.22. The molecule has 3 aromatic rings. The number of fused-ring (bicyclic) bond motifs is 1. The zero-order chi connectivity index (χ0) is 28.2. The van der Waals surface area contributed by atoms with Gasteiger partial charge in [-0.2, -0.15) is 9.61 Å². The molecule has 1 aromatic carbocycles. The molecule has 0 atom stereocenters. The van der Waals surface area contributed by atoms with Crippen molar-refractivity contribution < 1.29 is 19.1 Å². The normalized spacial score (nSPS) is 11.9. The highest BCUT2D eigenvalue weighted by Crippen LogP contribution is 2.40. The van der Waals surface area contributed by atoms with Gasteiger partial charge in [0.05, 0.1) is 13.7 Å². The van der Waals surface area contributed by atoms with E-state index < -0.39 is 0 Å². The lowest BCUT2D eigenvalue weighted by Crippen LogP contribution is -2.30. The summed E-state index contributed by atoms with van der Waals surface area (Å²) in [6.45, 7) is 14.9. The average molecular weight is 541 g/mol. The summed E-state index contributed by atoms with van der Waals surface area (Å²) in [6.07, 6.45) is 1.89. The second-order valence-corrected chi connectivity index (χ2v) is 10.3. The van der Waals surface area contributed by atoms with E-state index in [1.807, 2.05) is 26.8 Å². The Morgan fingerprint density at radius 2 is 1.79 bits per heavy atom. The number of ether oxygens (including phenoxy) is 2. The van der Waals surface area contributed by atoms with Gasteiger partial charge in [0.15, 0.2) is 28.6 Å². The van der Waals surface area contributed by atoms with E-state index in [4.69, 9.17) is 9.47 Å². The van der Waals surface area contributed by atoms with E-state index in [1.165, 1.54) is 9.20 Å². The number of aromatic nitrogens is 4. The van der Waals surface area contributed by atoms with Gasteiger partial charge in [-0.05, 0) is 50.3 Å². The Balaban J connectivity index is 0.00000533. The third kappa shape index (κ3) is 6.49. The van der Waals surface area contributed by atoms with Gasteiger partial charge in [-0.3, -0.25) is 14.6 Å². The van der Waals surface area contributed by atoms with Crippen molar-refractivity contribution >= 4 is 17.3 Å². The summed E-state index contributed by atoms with van der Waals surface area (Å²) in [4.78, 5) is 30.6. The number of hydrogen-bond acceptors (Lipinski definition) is 7. The van der Waals surface area contributed by atoms with Crippen LogP contribution < -0.4 is 20.4 Å². The van der Waals surface area contributed by atoms with Crippen LogP contribution in [0.2, 0.25) is 0 Å². The smallest absolute Gasteiger partial charge is 0.272 e. The fraction of sp³-hybridized carbons (Fsp3) is 0.552. The molecule has 10 heteroatoms. The van der Waals surface area contributed by atoms with E-state index in [0.29, 0.717) is 47.2 Å². The first-order chi connectivity index (χ1) is 18.0. The number of Topliss-reactive ketones (excluding diaryl/α,β-unsaturated/α-hetero) is 1. The first-order valence-corrected chi connectivity index (χ1v) is 13.0. The van der Waals surface area contributed by atoms with E-state index in [1.54, 1.807) is 20.2 Å². The lowest BCUT2D eigenvalue weighted by Gasteiger charge is -2.25. The molecule has 0 aliphatic carbocycles. The van der Waals surface area contributed by atoms with Crippen LogP contribution in [0, 0.1) is 13.8 Å². The fourth-order valence-electron chi connectivity index (χ4n) is 4.22. The minimum absolute atomic E-state index is 0. The standard InChI is InChI=1S/C28H40N6O4.CH4/c1-10-12-13-38-22-15-19(14-20(24(22)37-9)28(5,6)7)21(35)16-33-27(29-8)34-25(32-33)18(4)17(3)23(31-34)26(36)30-11-2;/h14-15H,10-13,16H2,1-9H3,(H,30,36);1H4. The average Bonchev–Trinajstić information content (AvgIpc) is 3.22. The van der Waals surface area contributed by atoms with Crippen molar-refractivity contribution in [3.05, 3.63) is 45.7 Å². The second-order valence-electron chi connectivity index (χ2n) is 10.3. The van der Waals surface area contributed by atoms with Gasteiger partial charge < -0.3 is 14.8 Å². The van der Waals surface area contributed by atoms with Crippen LogP contribution in [0.4, 0.5) is 0 Å². The van der Waals surface area contributed by atoms with Gasteiger partial charge in [-0.25, -0.2) is 4.68 Å². The maximum atomic E-state index is 13.6. The molecule has 1 amide bonds. The molecule has 0 fully saturated rings. The Kier molecular flexibility index (Phi) is 10.4. The van der Waals surface area contributed by atoms with Crippen LogP contribution in [0.1, 0.15) is 92.4 Å². The van der Waals surface area contributed by atoms with Crippen molar-refractivity contribution in [2.24, 2.45) is 4.99 Å². The van der Waals surface area contributed by atoms with Crippen LogP contribution in [0.3, 0.4) is 0 Å². The largest absolute Gasteiger partial charge is 0.493 e. The highest BCUT2D eigenvalue weighted by atomic mass is 16.5. The van der Waals surface area contributed by atoms with Gasteiger partial charge in [0, 0.05) is 30.3 Å². The minimum Gasteiger partial charge on any atom is -0.493 e. The predicted octanol–water partition coefficient (Wildman–Crippen LogP) is 4.43. The number of methoxy groups -OCH3 is 1. The van der Waals surface area contributed by atoms with Gasteiger partial charge in [-0.15, -0.1) is 5.10 Å². The molecule has 0 radical (unpaired) electrons. The molecular weight excluding hydrogens is 496 g/mol. The summed E-state index contributed by atoms with van der Waals surface area (Å²) < 4.78 is 14.8. The second kappa shape index (κ2) is 12.9. The van der Waals surface area contributed by atoms with Gasteiger partial charge in [0.2, 0.25) is 5.62 Å². The Bertz CT molecular complexity index is 1410. The number of hydrogen-bond donors (Lipinski definition) is 1. The van der Waals surface area contributed by atoms with E-state index >= 15 is 0 Å². The predicted molar refractivity (Wildman–Crippen MR) is 153 cm³/mol. The van der Waals surface area contributed by atoms with Crippen LogP contribution >= 0.6 is 0 Å². The molecule has 0 spiro atoms. The number of aryl methyl sites for hydroxylation is 1. The Hall–Kier alpha value is -3.69.